The molecule has 0 radical (unpaired) electrons. The summed E-state index contributed by atoms with van der Waals surface area (Å²) < 4.78 is 0. The fraction of sp³-hybridized carbons (Fsp3) is 0. The van der Waals surface area contributed by atoms with Gasteiger partial charge in [0.05, 0.1) is 17.9 Å². The summed E-state index contributed by atoms with van der Waals surface area (Å²) in [5.74, 6) is -1.44. The molecule has 54 valence electrons. The summed E-state index contributed by atoms with van der Waals surface area (Å²) >= 11 is 0. The van der Waals surface area contributed by atoms with Gasteiger partial charge in [-0.3, -0.25) is 10.2 Å². The Kier molecular flexibility index (Phi) is 3.55. The number of nitrogens with one attached hydrogen (secondary N) is 1. The first kappa shape index (κ1) is 8.35. The highest BCUT2D eigenvalue weighted by atomic mass is 16.4. The molecule has 0 aromatic carbocycles. The lowest BCUT2D eigenvalue weighted by molar-refractivity contribution is -0.293. The average Bonchev–Trinajstić information content (AvgIpc) is 1.87. The van der Waals surface area contributed by atoms with E-state index < -0.39 is 5.97 Å². The zero-order valence-electron chi connectivity index (χ0n) is 5.03. The SMILES string of the molecule is C=C(C=O)N/N=C/C(=O)[O-]. The van der Waals surface area contributed by atoms with Crippen LogP contribution in [0.25, 0.3) is 0 Å². The first-order valence-electron chi connectivity index (χ1n) is 2.31. The van der Waals surface area contributed by atoms with E-state index in [2.05, 4.69) is 11.7 Å². The summed E-state index contributed by atoms with van der Waals surface area (Å²) in [5, 5.41) is 12.7. The van der Waals surface area contributed by atoms with Crippen LogP contribution in [0.3, 0.4) is 0 Å². The maximum atomic E-state index is 9.78. The minimum atomic E-state index is -1.44. The Morgan fingerprint density at radius 1 is 1.70 bits per heavy atom. The first-order chi connectivity index (χ1) is 4.66. The Bertz CT molecular complexity index is 185. The number of carboxylic acids is 1. The van der Waals surface area contributed by atoms with Gasteiger partial charge in [0.2, 0.25) is 0 Å². The van der Waals surface area contributed by atoms with Crippen molar-refractivity contribution in [3.63, 3.8) is 0 Å². The highest BCUT2D eigenvalue weighted by Crippen LogP contribution is 1.71. The molecule has 0 atom stereocenters. The van der Waals surface area contributed by atoms with Crippen LogP contribution < -0.4 is 10.5 Å². The molecule has 0 aromatic rings. The van der Waals surface area contributed by atoms with Crippen LogP contribution in [-0.4, -0.2) is 18.5 Å². The summed E-state index contributed by atoms with van der Waals surface area (Å²) in [5.41, 5.74) is 2.03. The van der Waals surface area contributed by atoms with Gasteiger partial charge < -0.3 is 9.90 Å². The Labute approximate surface area is 57.0 Å². The highest BCUT2D eigenvalue weighted by molar-refractivity contribution is 6.20. The number of carboxylic acid groups (broad SMARTS) is 1. The van der Waals surface area contributed by atoms with Crippen LogP contribution in [0.5, 0.6) is 0 Å². The van der Waals surface area contributed by atoms with Crippen molar-refractivity contribution in [2.75, 3.05) is 0 Å². The third-order valence-corrected chi connectivity index (χ3v) is 0.520. The van der Waals surface area contributed by atoms with Gasteiger partial charge in [-0.1, -0.05) is 6.58 Å². The molecule has 0 aliphatic heterocycles. The van der Waals surface area contributed by atoms with E-state index >= 15 is 0 Å². The number of hydrazone groups is 1. The number of aldehydes is 1. The van der Waals surface area contributed by atoms with E-state index in [9.17, 15) is 14.7 Å². The van der Waals surface area contributed by atoms with Crippen molar-refractivity contribution in [1.29, 1.82) is 0 Å². The van der Waals surface area contributed by atoms with Gasteiger partial charge in [0.25, 0.3) is 0 Å². The molecular weight excluding hydrogens is 136 g/mol. The molecule has 10 heavy (non-hydrogen) atoms. The maximum absolute atomic E-state index is 9.78. The lowest BCUT2D eigenvalue weighted by Crippen LogP contribution is -2.24. The summed E-state index contributed by atoms with van der Waals surface area (Å²) in [6.45, 7) is 3.16. The van der Waals surface area contributed by atoms with Crippen LogP contribution in [0.2, 0.25) is 0 Å². The minimum absolute atomic E-state index is 0.0162. The molecule has 0 unspecified atom stereocenters. The predicted molar refractivity (Wildman–Crippen MR) is 31.8 cm³/mol. The molecule has 1 N–H and O–H groups in total. The summed E-state index contributed by atoms with van der Waals surface area (Å²) in [6.07, 6.45) is 0.918. The largest absolute Gasteiger partial charge is 0.544 e. The van der Waals surface area contributed by atoms with Crippen LogP contribution in [-0.2, 0) is 9.59 Å². The number of hydrogen-bond donors (Lipinski definition) is 1. The molecule has 0 saturated carbocycles. The molecule has 0 aliphatic rings. The molecule has 0 rings (SSSR count). The lowest BCUT2D eigenvalue weighted by atomic mass is 10.6. The van der Waals surface area contributed by atoms with Crippen molar-refractivity contribution in [3.8, 4) is 0 Å². The molecule has 0 aliphatic carbocycles. The molecule has 5 nitrogen and oxygen atoms in total. The molecule has 5 heteroatoms. The lowest BCUT2D eigenvalue weighted by Gasteiger charge is -1.93. The summed E-state index contributed by atoms with van der Waals surface area (Å²) in [6, 6.07) is 0. The van der Waals surface area contributed by atoms with Gasteiger partial charge in [0, 0.05) is 0 Å². The number of carbonyl (C=O) groups is 2. The van der Waals surface area contributed by atoms with E-state index in [0.29, 0.717) is 12.5 Å². The van der Waals surface area contributed by atoms with Crippen molar-refractivity contribution < 1.29 is 14.7 Å². The highest BCUT2D eigenvalue weighted by Gasteiger charge is 1.81. The van der Waals surface area contributed by atoms with E-state index in [1.54, 1.807) is 0 Å². The van der Waals surface area contributed by atoms with Gasteiger partial charge in [-0.2, -0.15) is 5.10 Å². The van der Waals surface area contributed by atoms with Crippen molar-refractivity contribution in [1.82, 2.24) is 5.43 Å². The van der Waals surface area contributed by atoms with Crippen LogP contribution in [0, 0.1) is 0 Å². The number of rotatable bonds is 4. The average molecular weight is 141 g/mol. The Morgan fingerprint density at radius 2 is 2.30 bits per heavy atom. The van der Waals surface area contributed by atoms with Crippen LogP contribution in [0.1, 0.15) is 0 Å². The second-order valence-corrected chi connectivity index (χ2v) is 1.33. The van der Waals surface area contributed by atoms with Crippen molar-refractivity contribution >= 4 is 18.5 Å². The van der Waals surface area contributed by atoms with Crippen molar-refractivity contribution in [2.24, 2.45) is 5.10 Å². The quantitative estimate of drug-likeness (QED) is 0.213. The Balaban J connectivity index is 3.63. The number of carbonyl (C=O) groups excluding carboxylic acids is 2. The van der Waals surface area contributed by atoms with E-state index in [0.717, 1.165) is 0 Å². The summed E-state index contributed by atoms with van der Waals surface area (Å²) in [4.78, 5) is 19.4. The van der Waals surface area contributed by atoms with Crippen molar-refractivity contribution in [2.45, 2.75) is 0 Å². The molecule has 0 spiro atoms. The molecular formula is C5H5N2O3-. The summed E-state index contributed by atoms with van der Waals surface area (Å²) in [7, 11) is 0. The Hall–Kier alpha value is -1.65. The van der Waals surface area contributed by atoms with Gasteiger partial charge in [0.15, 0.2) is 6.29 Å². The topological polar surface area (TPSA) is 81.6 Å². The number of nitrogens with zero attached hydrogens (tertiary/aromatic N) is 1. The molecule has 0 aromatic heterocycles. The number of hydrogen-bond acceptors (Lipinski definition) is 5. The second kappa shape index (κ2) is 4.25. The van der Waals surface area contributed by atoms with Crippen LogP contribution >= 0.6 is 0 Å². The third kappa shape index (κ3) is 4.51. The van der Waals surface area contributed by atoms with E-state index in [1.807, 2.05) is 5.43 Å². The zero-order chi connectivity index (χ0) is 7.98. The first-order valence-corrected chi connectivity index (χ1v) is 2.31. The third-order valence-electron chi connectivity index (χ3n) is 0.520. The van der Waals surface area contributed by atoms with Gasteiger partial charge in [-0.15, -0.1) is 0 Å². The molecule has 0 heterocycles. The monoisotopic (exact) mass is 141 g/mol. The van der Waals surface area contributed by atoms with Crippen LogP contribution in [0.4, 0.5) is 0 Å². The second-order valence-electron chi connectivity index (χ2n) is 1.33. The predicted octanol–water partition coefficient (Wildman–Crippen LogP) is -1.98. The zero-order valence-corrected chi connectivity index (χ0v) is 5.03. The standard InChI is InChI=1S/C5H6N2O3/c1-4(3-8)7-6-2-5(9)10/h2-3,7H,1H2,(H,9,10)/p-1/b6-2+. The van der Waals surface area contributed by atoms with Gasteiger partial charge in [-0.25, -0.2) is 0 Å². The van der Waals surface area contributed by atoms with Gasteiger partial charge in [-0.05, 0) is 0 Å². The van der Waals surface area contributed by atoms with E-state index in [1.165, 1.54) is 0 Å². The number of allylic oxidation sites excluding steroid dienone is 1. The van der Waals surface area contributed by atoms with E-state index in [-0.39, 0.29) is 5.70 Å². The number of aliphatic carboxylic acids is 1. The molecule has 0 amide bonds. The van der Waals surface area contributed by atoms with Crippen LogP contribution in [0.15, 0.2) is 17.4 Å². The fourth-order valence-electron chi connectivity index (χ4n) is 0.194. The normalized spacial score (nSPS) is 9.20. The maximum Gasteiger partial charge on any atom is 0.167 e. The minimum Gasteiger partial charge on any atom is -0.544 e. The molecule has 0 bridgehead atoms. The fourth-order valence-corrected chi connectivity index (χ4v) is 0.194. The molecule has 0 saturated heterocycles. The van der Waals surface area contributed by atoms with Gasteiger partial charge >= 0.3 is 0 Å². The smallest absolute Gasteiger partial charge is 0.167 e. The van der Waals surface area contributed by atoms with E-state index in [4.69, 9.17) is 0 Å². The van der Waals surface area contributed by atoms with Gasteiger partial charge in [0.1, 0.15) is 0 Å². The Morgan fingerprint density at radius 3 is 2.70 bits per heavy atom. The van der Waals surface area contributed by atoms with Crippen molar-refractivity contribution in [3.05, 3.63) is 12.3 Å². The molecule has 0 fully saturated rings.